The Morgan fingerprint density at radius 2 is 1.65 bits per heavy atom. The fourth-order valence-electron chi connectivity index (χ4n) is 2.75. The molecule has 0 heterocycles. The molecule has 1 unspecified atom stereocenters. The van der Waals surface area contributed by atoms with Crippen molar-refractivity contribution in [3.8, 4) is 0 Å². The predicted molar refractivity (Wildman–Crippen MR) is 87.4 cm³/mol. The van der Waals surface area contributed by atoms with Crippen LogP contribution in [0.2, 0.25) is 0 Å². The second-order valence-electron chi connectivity index (χ2n) is 5.64. The smallest absolute Gasteiger partial charge is 0.0582 e. The van der Waals surface area contributed by atoms with Gasteiger partial charge in [0.25, 0.3) is 0 Å². The molecular formula is C19H25N. The summed E-state index contributed by atoms with van der Waals surface area (Å²) in [7, 11) is 0. The highest BCUT2D eigenvalue weighted by Gasteiger charge is 2.17. The Morgan fingerprint density at radius 1 is 0.900 bits per heavy atom. The lowest BCUT2D eigenvalue weighted by Gasteiger charge is -2.24. The molecule has 0 radical (unpaired) electrons. The highest BCUT2D eigenvalue weighted by Crippen LogP contribution is 2.29. The Bertz CT molecular complexity index is 597. The van der Waals surface area contributed by atoms with Crippen LogP contribution in [0.3, 0.4) is 0 Å². The van der Waals surface area contributed by atoms with Crippen LogP contribution in [0, 0.1) is 27.7 Å². The highest BCUT2D eigenvalue weighted by atomic mass is 14.9. The third-order valence-electron chi connectivity index (χ3n) is 4.11. The molecule has 20 heavy (non-hydrogen) atoms. The molecule has 0 amide bonds. The lowest BCUT2D eigenvalue weighted by molar-refractivity contribution is 0.624. The monoisotopic (exact) mass is 267 g/mol. The Balaban J connectivity index is 2.56. The molecule has 0 aliphatic carbocycles. The first-order valence-electron chi connectivity index (χ1n) is 7.41. The average Bonchev–Trinajstić information content (AvgIpc) is 2.43. The van der Waals surface area contributed by atoms with Gasteiger partial charge >= 0.3 is 0 Å². The lowest BCUT2D eigenvalue weighted by Crippen LogP contribution is -2.24. The molecule has 1 heteroatoms. The first-order valence-corrected chi connectivity index (χ1v) is 7.41. The normalized spacial score (nSPS) is 12.4. The summed E-state index contributed by atoms with van der Waals surface area (Å²) in [6, 6.07) is 13.6. The number of hydrogen-bond acceptors (Lipinski definition) is 1. The summed E-state index contributed by atoms with van der Waals surface area (Å²) >= 11 is 0. The van der Waals surface area contributed by atoms with E-state index in [2.05, 4.69) is 76.3 Å². The fourth-order valence-corrected chi connectivity index (χ4v) is 2.75. The number of benzene rings is 2. The molecule has 2 aromatic carbocycles. The van der Waals surface area contributed by atoms with Crippen LogP contribution < -0.4 is 5.32 Å². The molecule has 0 saturated carbocycles. The van der Waals surface area contributed by atoms with E-state index in [0.717, 1.165) is 6.54 Å². The van der Waals surface area contributed by atoms with E-state index in [1.54, 1.807) is 0 Å². The van der Waals surface area contributed by atoms with E-state index in [1.807, 2.05) is 0 Å². The van der Waals surface area contributed by atoms with Crippen molar-refractivity contribution in [2.24, 2.45) is 0 Å². The van der Waals surface area contributed by atoms with Gasteiger partial charge in [0.1, 0.15) is 0 Å². The molecule has 0 aliphatic rings. The molecule has 106 valence electrons. The maximum atomic E-state index is 3.65. The Labute approximate surface area is 123 Å². The SMILES string of the molecule is CCNC(c1cc(C)ccc1C)c1cccc(C)c1C. The second-order valence-corrected chi connectivity index (χ2v) is 5.64. The molecule has 0 bridgehead atoms. The summed E-state index contributed by atoms with van der Waals surface area (Å²) in [6.07, 6.45) is 0. The topological polar surface area (TPSA) is 12.0 Å². The molecule has 0 spiro atoms. The van der Waals surface area contributed by atoms with Crippen LogP contribution >= 0.6 is 0 Å². The molecule has 1 atom stereocenters. The second kappa shape index (κ2) is 6.23. The molecule has 1 nitrogen and oxygen atoms in total. The third-order valence-corrected chi connectivity index (χ3v) is 4.11. The van der Waals surface area contributed by atoms with Crippen LogP contribution in [0.15, 0.2) is 36.4 Å². The number of hydrogen-bond donors (Lipinski definition) is 1. The van der Waals surface area contributed by atoms with Gasteiger partial charge in [-0.1, -0.05) is 48.9 Å². The van der Waals surface area contributed by atoms with Crippen molar-refractivity contribution < 1.29 is 0 Å². The molecule has 0 saturated heterocycles. The summed E-state index contributed by atoms with van der Waals surface area (Å²) in [6.45, 7) is 11.9. The molecule has 0 aromatic heterocycles. The molecule has 1 N–H and O–H groups in total. The Kier molecular flexibility index (Phi) is 4.61. The number of rotatable bonds is 4. The lowest BCUT2D eigenvalue weighted by atomic mass is 9.89. The van der Waals surface area contributed by atoms with Crippen molar-refractivity contribution in [2.45, 2.75) is 40.7 Å². The summed E-state index contributed by atoms with van der Waals surface area (Å²) in [5, 5.41) is 3.65. The van der Waals surface area contributed by atoms with Crippen LogP contribution in [0.1, 0.15) is 46.3 Å². The van der Waals surface area contributed by atoms with E-state index < -0.39 is 0 Å². The van der Waals surface area contributed by atoms with E-state index in [9.17, 15) is 0 Å². The van der Waals surface area contributed by atoms with Crippen molar-refractivity contribution in [3.63, 3.8) is 0 Å². The maximum Gasteiger partial charge on any atom is 0.0582 e. The zero-order chi connectivity index (χ0) is 14.7. The van der Waals surface area contributed by atoms with Crippen molar-refractivity contribution in [2.75, 3.05) is 6.54 Å². The average molecular weight is 267 g/mol. The minimum atomic E-state index is 0.278. The van der Waals surface area contributed by atoms with Gasteiger partial charge in [-0.3, -0.25) is 0 Å². The first kappa shape index (κ1) is 14.8. The summed E-state index contributed by atoms with van der Waals surface area (Å²) in [5.74, 6) is 0. The minimum Gasteiger partial charge on any atom is -0.307 e. The van der Waals surface area contributed by atoms with Crippen LogP contribution in [-0.4, -0.2) is 6.54 Å². The Hall–Kier alpha value is -1.60. The van der Waals surface area contributed by atoms with Crippen molar-refractivity contribution >= 4 is 0 Å². The molecule has 2 aromatic rings. The molecule has 0 aliphatic heterocycles. The molecule has 0 fully saturated rings. The van der Waals surface area contributed by atoms with Crippen LogP contribution in [0.4, 0.5) is 0 Å². The van der Waals surface area contributed by atoms with Gasteiger partial charge in [0, 0.05) is 0 Å². The van der Waals surface area contributed by atoms with Gasteiger partial charge in [-0.2, -0.15) is 0 Å². The minimum absolute atomic E-state index is 0.278. The van der Waals surface area contributed by atoms with Gasteiger partial charge in [0.2, 0.25) is 0 Å². The molecule has 2 rings (SSSR count). The summed E-state index contributed by atoms with van der Waals surface area (Å²) in [5.41, 5.74) is 8.19. The number of aryl methyl sites for hydroxylation is 3. The quantitative estimate of drug-likeness (QED) is 0.852. The van der Waals surface area contributed by atoms with E-state index in [1.165, 1.54) is 33.4 Å². The summed E-state index contributed by atoms with van der Waals surface area (Å²) < 4.78 is 0. The van der Waals surface area contributed by atoms with Crippen molar-refractivity contribution in [1.82, 2.24) is 5.32 Å². The fraction of sp³-hybridized carbons (Fsp3) is 0.368. The standard InChI is InChI=1S/C19H25N/c1-6-20-19(17-9-7-8-14(3)16(17)5)18-12-13(2)10-11-15(18)4/h7-12,19-20H,6H2,1-5H3. The van der Waals surface area contributed by atoms with Crippen LogP contribution in [0.25, 0.3) is 0 Å². The zero-order valence-electron chi connectivity index (χ0n) is 13.2. The Morgan fingerprint density at radius 3 is 2.35 bits per heavy atom. The summed E-state index contributed by atoms with van der Waals surface area (Å²) in [4.78, 5) is 0. The predicted octanol–water partition coefficient (Wildman–Crippen LogP) is 4.62. The van der Waals surface area contributed by atoms with Crippen molar-refractivity contribution in [3.05, 3.63) is 69.8 Å². The van der Waals surface area contributed by atoms with E-state index in [0.29, 0.717) is 0 Å². The largest absolute Gasteiger partial charge is 0.307 e. The molecular weight excluding hydrogens is 242 g/mol. The highest BCUT2D eigenvalue weighted by molar-refractivity contribution is 5.44. The van der Waals surface area contributed by atoms with E-state index in [4.69, 9.17) is 0 Å². The maximum absolute atomic E-state index is 3.65. The van der Waals surface area contributed by atoms with Gasteiger partial charge in [-0.05, 0) is 62.1 Å². The van der Waals surface area contributed by atoms with Crippen molar-refractivity contribution in [1.29, 1.82) is 0 Å². The van der Waals surface area contributed by atoms with Gasteiger partial charge in [0.05, 0.1) is 6.04 Å². The van der Waals surface area contributed by atoms with Crippen LogP contribution in [0.5, 0.6) is 0 Å². The van der Waals surface area contributed by atoms with Gasteiger partial charge in [-0.15, -0.1) is 0 Å². The van der Waals surface area contributed by atoms with E-state index in [-0.39, 0.29) is 6.04 Å². The zero-order valence-corrected chi connectivity index (χ0v) is 13.2. The number of nitrogens with one attached hydrogen (secondary N) is 1. The van der Waals surface area contributed by atoms with E-state index >= 15 is 0 Å². The van der Waals surface area contributed by atoms with Gasteiger partial charge in [-0.25, -0.2) is 0 Å². The first-order chi connectivity index (χ1) is 9.54. The third kappa shape index (κ3) is 2.94. The van der Waals surface area contributed by atoms with Gasteiger partial charge in [0.15, 0.2) is 0 Å². The van der Waals surface area contributed by atoms with Crippen LogP contribution in [-0.2, 0) is 0 Å². The van der Waals surface area contributed by atoms with Gasteiger partial charge < -0.3 is 5.32 Å².